The van der Waals surface area contributed by atoms with Crippen molar-refractivity contribution >= 4 is 23.2 Å². The molecule has 0 amide bonds. The molecule has 0 saturated carbocycles. The maximum Gasteiger partial charge on any atom is 0.231 e. The molecular formula is C20H18ClN5O2. The molecule has 1 aliphatic heterocycles. The number of aliphatic hydroxyl groups excluding tert-OH is 1. The minimum Gasteiger partial charge on any atom is -0.448 e. The van der Waals surface area contributed by atoms with E-state index in [2.05, 4.69) is 28.0 Å². The van der Waals surface area contributed by atoms with Crippen LogP contribution in [0.3, 0.4) is 0 Å². The van der Waals surface area contributed by atoms with Crippen molar-refractivity contribution in [2.45, 2.75) is 25.6 Å². The first-order valence-corrected chi connectivity index (χ1v) is 9.01. The van der Waals surface area contributed by atoms with Gasteiger partial charge in [-0.2, -0.15) is 10.5 Å². The lowest BCUT2D eigenvalue weighted by molar-refractivity contribution is 0.182. The number of rotatable bonds is 6. The molecular weight excluding hydrogens is 378 g/mol. The highest BCUT2D eigenvalue weighted by Crippen LogP contribution is 2.29. The van der Waals surface area contributed by atoms with Crippen molar-refractivity contribution in [2.75, 3.05) is 11.9 Å². The molecule has 0 saturated heterocycles. The number of aliphatic hydroxyl groups is 1. The first kappa shape index (κ1) is 19.5. The molecule has 28 heavy (non-hydrogen) atoms. The molecule has 0 radical (unpaired) electrons. The van der Waals surface area contributed by atoms with Crippen molar-refractivity contribution in [3.8, 4) is 12.1 Å². The van der Waals surface area contributed by atoms with Crippen molar-refractivity contribution in [3.63, 3.8) is 0 Å². The Morgan fingerprint density at radius 3 is 2.64 bits per heavy atom. The summed E-state index contributed by atoms with van der Waals surface area (Å²) in [6, 6.07) is 14.2. The van der Waals surface area contributed by atoms with Crippen LogP contribution < -0.4 is 10.7 Å². The first-order valence-electron chi connectivity index (χ1n) is 8.63. The van der Waals surface area contributed by atoms with Crippen LogP contribution in [0, 0.1) is 29.6 Å². The van der Waals surface area contributed by atoms with E-state index in [-0.39, 0.29) is 12.6 Å². The molecule has 0 aliphatic carbocycles. The lowest BCUT2D eigenvalue weighted by Gasteiger charge is -2.21. The van der Waals surface area contributed by atoms with Gasteiger partial charge in [0, 0.05) is 17.9 Å². The van der Waals surface area contributed by atoms with Gasteiger partial charge in [-0.15, -0.1) is 5.10 Å². The first-order chi connectivity index (χ1) is 13.6. The quantitative estimate of drug-likeness (QED) is 0.692. The van der Waals surface area contributed by atoms with Gasteiger partial charge in [0.15, 0.2) is 0 Å². The maximum absolute atomic E-state index is 9.45. The molecule has 0 fully saturated rings. The van der Waals surface area contributed by atoms with Gasteiger partial charge in [0.05, 0.1) is 22.2 Å². The van der Waals surface area contributed by atoms with E-state index < -0.39 is 6.23 Å². The molecule has 7 nitrogen and oxygen atoms in total. The number of nitrogens with one attached hydrogen (secondary N) is 2. The number of hydrogen-bond donors (Lipinski definition) is 3. The van der Waals surface area contributed by atoms with Gasteiger partial charge in [0.2, 0.25) is 12.1 Å². The van der Waals surface area contributed by atoms with Crippen LogP contribution in [0.4, 0.5) is 5.69 Å². The summed E-state index contributed by atoms with van der Waals surface area (Å²) in [7, 11) is 0. The van der Waals surface area contributed by atoms with Crippen LogP contribution in [0.5, 0.6) is 0 Å². The van der Waals surface area contributed by atoms with Crippen LogP contribution >= 0.6 is 11.6 Å². The number of nitriles is 2. The second kappa shape index (κ2) is 8.62. The predicted octanol–water partition coefficient (Wildman–Crippen LogP) is 3.19. The molecule has 0 spiro atoms. The fraction of sp³-hybridized carbons (Fsp3) is 0.250. The molecule has 2 aromatic carbocycles. The van der Waals surface area contributed by atoms with E-state index in [1.54, 1.807) is 36.4 Å². The monoisotopic (exact) mass is 395 g/mol. The maximum atomic E-state index is 9.45. The molecule has 1 heterocycles. The Labute approximate surface area is 167 Å². The Hall–Kier alpha value is -3.26. The predicted molar refractivity (Wildman–Crippen MR) is 106 cm³/mol. The zero-order chi connectivity index (χ0) is 20.1. The normalized spacial score (nSPS) is 16.2. The summed E-state index contributed by atoms with van der Waals surface area (Å²) in [6.45, 7) is 1.75. The van der Waals surface area contributed by atoms with Gasteiger partial charge >= 0.3 is 0 Å². The Morgan fingerprint density at radius 1 is 1.25 bits per heavy atom. The minimum absolute atomic E-state index is 0.0648. The Balaban J connectivity index is 1.75. The van der Waals surface area contributed by atoms with Gasteiger partial charge < -0.3 is 15.2 Å². The van der Waals surface area contributed by atoms with E-state index in [0.717, 1.165) is 16.8 Å². The fourth-order valence-electron chi connectivity index (χ4n) is 2.83. The summed E-state index contributed by atoms with van der Waals surface area (Å²) in [5.74, 6) is 0.406. The van der Waals surface area contributed by atoms with Crippen LogP contribution in [-0.4, -0.2) is 23.7 Å². The SMILES string of the molecule is Cc1c(N[C@H](CCO)C2=NNC(c3ccc(C#N)cc3)O2)ccc(C#N)c1Cl. The Morgan fingerprint density at radius 2 is 2.00 bits per heavy atom. The van der Waals surface area contributed by atoms with Gasteiger partial charge in [0.1, 0.15) is 12.1 Å². The topological polar surface area (TPSA) is 113 Å². The van der Waals surface area contributed by atoms with Crippen molar-refractivity contribution in [1.29, 1.82) is 10.5 Å². The number of nitrogens with zero attached hydrogens (tertiary/aromatic N) is 3. The van der Waals surface area contributed by atoms with Crippen LogP contribution in [0.1, 0.15) is 34.9 Å². The van der Waals surface area contributed by atoms with Gasteiger partial charge in [-0.3, -0.25) is 5.43 Å². The number of benzene rings is 2. The van der Waals surface area contributed by atoms with E-state index in [0.29, 0.717) is 28.5 Å². The number of hydrogen-bond acceptors (Lipinski definition) is 7. The molecule has 0 aromatic heterocycles. The van der Waals surface area contributed by atoms with E-state index in [1.165, 1.54) is 0 Å². The number of ether oxygens (including phenoxy) is 1. The van der Waals surface area contributed by atoms with Crippen molar-refractivity contribution in [2.24, 2.45) is 5.10 Å². The molecule has 3 N–H and O–H groups in total. The Bertz CT molecular complexity index is 976. The third kappa shape index (κ3) is 4.01. The average molecular weight is 396 g/mol. The van der Waals surface area contributed by atoms with Crippen LogP contribution in [0.15, 0.2) is 41.5 Å². The molecule has 1 aliphatic rings. The zero-order valence-corrected chi connectivity index (χ0v) is 15.9. The van der Waals surface area contributed by atoms with Gasteiger partial charge in [-0.1, -0.05) is 23.7 Å². The number of halogens is 1. The summed E-state index contributed by atoms with van der Waals surface area (Å²) in [5.41, 5.74) is 6.19. The highest BCUT2D eigenvalue weighted by atomic mass is 35.5. The highest BCUT2D eigenvalue weighted by Gasteiger charge is 2.28. The largest absolute Gasteiger partial charge is 0.448 e. The lowest BCUT2D eigenvalue weighted by atomic mass is 10.1. The van der Waals surface area contributed by atoms with E-state index in [9.17, 15) is 5.11 Å². The highest BCUT2D eigenvalue weighted by molar-refractivity contribution is 6.32. The third-order valence-electron chi connectivity index (χ3n) is 4.43. The zero-order valence-electron chi connectivity index (χ0n) is 15.1. The number of hydrazone groups is 1. The van der Waals surface area contributed by atoms with Crippen LogP contribution in [0.25, 0.3) is 0 Å². The van der Waals surface area contributed by atoms with Gasteiger partial charge in [-0.25, -0.2) is 0 Å². The van der Waals surface area contributed by atoms with E-state index >= 15 is 0 Å². The summed E-state index contributed by atoms with van der Waals surface area (Å²) >= 11 is 6.24. The second-order valence-corrected chi connectivity index (χ2v) is 6.61. The third-order valence-corrected chi connectivity index (χ3v) is 4.91. The molecule has 1 unspecified atom stereocenters. The van der Waals surface area contributed by atoms with Crippen LogP contribution in [-0.2, 0) is 4.74 Å². The number of anilines is 1. The molecule has 142 valence electrons. The standard InChI is InChI=1S/C20H18ClN5O2/c1-12-16(7-6-15(11-23)18(12)21)24-17(8-9-27)20-26-25-19(28-20)14-4-2-13(10-22)3-5-14/h2-7,17,19,24-25,27H,8-9H2,1H3/t17-,19?/m1/s1. The summed E-state index contributed by atoms with van der Waals surface area (Å²) in [4.78, 5) is 0. The smallest absolute Gasteiger partial charge is 0.231 e. The fourth-order valence-corrected chi connectivity index (χ4v) is 3.04. The molecule has 8 heteroatoms. The molecule has 2 aromatic rings. The average Bonchev–Trinajstić information content (AvgIpc) is 3.21. The van der Waals surface area contributed by atoms with Gasteiger partial charge in [0.25, 0.3) is 0 Å². The minimum atomic E-state index is -0.476. The van der Waals surface area contributed by atoms with Crippen molar-refractivity contribution < 1.29 is 9.84 Å². The summed E-state index contributed by atoms with van der Waals surface area (Å²) < 4.78 is 5.92. The Kier molecular flexibility index (Phi) is 6.00. The summed E-state index contributed by atoms with van der Waals surface area (Å²) in [6.07, 6.45) is -0.103. The molecule has 3 rings (SSSR count). The second-order valence-electron chi connectivity index (χ2n) is 6.23. The van der Waals surface area contributed by atoms with Crippen molar-refractivity contribution in [3.05, 3.63) is 63.7 Å². The van der Waals surface area contributed by atoms with Crippen molar-refractivity contribution in [1.82, 2.24) is 5.43 Å². The van der Waals surface area contributed by atoms with Crippen LogP contribution in [0.2, 0.25) is 5.02 Å². The molecule has 0 bridgehead atoms. The summed E-state index contributed by atoms with van der Waals surface area (Å²) in [5, 5.41) is 35.4. The van der Waals surface area contributed by atoms with E-state index in [4.69, 9.17) is 26.9 Å². The van der Waals surface area contributed by atoms with Gasteiger partial charge in [-0.05, 0) is 43.2 Å². The lowest BCUT2D eigenvalue weighted by Crippen LogP contribution is -2.31. The van der Waals surface area contributed by atoms with E-state index in [1.807, 2.05) is 6.92 Å². The molecule has 2 atom stereocenters.